The van der Waals surface area contributed by atoms with Gasteiger partial charge in [-0.25, -0.2) is 0 Å². The number of hydrogen-bond donors (Lipinski definition) is 2. The predicted molar refractivity (Wildman–Crippen MR) is 37.8 cm³/mol. The molecule has 0 rings (SSSR count). The summed E-state index contributed by atoms with van der Waals surface area (Å²) in [6.07, 6.45) is 0. The third kappa shape index (κ3) is 3.29. The van der Waals surface area contributed by atoms with E-state index in [1.54, 1.807) is 0 Å². The van der Waals surface area contributed by atoms with Crippen molar-refractivity contribution >= 4 is 23.4 Å². The molecule has 0 saturated carbocycles. The molecule has 0 radical (unpaired) electrons. The molecular weight excluding hydrogens is 156 g/mol. The molecule has 10 heavy (non-hydrogen) atoms. The molecule has 0 aliphatic heterocycles. The van der Waals surface area contributed by atoms with Crippen LogP contribution in [-0.2, 0) is 9.59 Å². The van der Waals surface area contributed by atoms with Crippen molar-refractivity contribution in [1.29, 1.82) is 0 Å². The molecule has 58 valence electrons. The summed E-state index contributed by atoms with van der Waals surface area (Å²) in [6.45, 7) is 0.313. The molecule has 0 saturated heterocycles. The number of halogens is 1. The van der Waals surface area contributed by atoms with Crippen LogP contribution in [0.15, 0.2) is 0 Å². The number of hydrogen-bond acceptors (Lipinski definition) is 2. The standard InChI is InChI=1S/C5H9ClN2O2/c1-7-4(9)5(10)8-3-2-6/h2-3H2,1H3,(H,7,9)(H,8,10). The first-order chi connectivity index (χ1) is 4.72. The second-order valence-electron chi connectivity index (χ2n) is 1.52. The summed E-state index contributed by atoms with van der Waals surface area (Å²) in [5.74, 6) is -0.990. The van der Waals surface area contributed by atoms with Crippen molar-refractivity contribution in [2.75, 3.05) is 19.5 Å². The molecule has 2 N–H and O–H groups in total. The van der Waals surface area contributed by atoms with Crippen molar-refractivity contribution in [2.24, 2.45) is 0 Å². The predicted octanol–water partition coefficient (Wildman–Crippen LogP) is -0.913. The fourth-order valence-electron chi connectivity index (χ4n) is 0.355. The third-order valence-corrected chi connectivity index (χ3v) is 1.00. The summed E-state index contributed by atoms with van der Waals surface area (Å²) in [7, 11) is 1.39. The van der Waals surface area contributed by atoms with Crippen LogP contribution in [0.2, 0.25) is 0 Å². The third-order valence-electron chi connectivity index (χ3n) is 0.813. The van der Waals surface area contributed by atoms with Crippen molar-refractivity contribution in [3.8, 4) is 0 Å². The van der Waals surface area contributed by atoms with E-state index in [4.69, 9.17) is 11.6 Å². The molecule has 0 aliphatic carbocycles. The molecule has 0 fully saturated rings. The van der Waals surface area contributed by atoms with Crippen LogP contribution < -0.4 is 10.6 Å². The summed E-state index contributed by atoms with van der Waals surface area (Å²) in [5, 5.41) is 4.48. The monoisotopic (exact) mass is 164 g/mol. The van der Waals surface area contributed by atoms with Gasteiger partial charge in [-0.1, -0.05) is 0 Å². The lowest BCUT2D eigenvalue weighted by atomic mass is 10.5. The number of carbonyl (C=O) groups excluding carboxylic acids is 2. The molecule has 5 heteroatoms. The fourth-order valence-corrected chi connectivity index (χ4v) is 0.449. The van der Waals surface area contributed by atoms with Crippen molar-refractivity contribution in [2.45, 2.75) is 0 Å². The zero-order valence-electron chi connectivity index (χ0n) is 5.61. The maximum Gasteiger partial charge on any atom is 0.309 e. The Hall–Kier alpha value is -0.770. The largest absolute Gasteiger partial charge is 0.351 e. The van der Waals surface area contributed by atoms with E-state index in [2.05, 4.69) is 10.6 Å². The van der Waals surface area contributed by atoms with Gasteiger partial charge in [0, 0.05) is 19.5 Å². The van der Waals surface area contributed by atoms with Gasteiger partial charge in [-0.2, -0.15) is 0 Å². The van der Waals surface area contributed by atoms with E-state index in [0.29, 0.717) is 12.4 Å². The van der Waals surface area contributed by atoms with Gasteiger partial charge in [0.2, 0.25) is 0 Å². The highest BCUT2D eigenvalue weighted by Gasteiger charge is 2.08. The number of rotatable bonds is 2. The van der Waals surface area contributed by atoms with Gasteiger partial charge < -0.3 is 10.6 Å². The highest BCUT2D eigenvalue weighted by Crippen LogP contribution is 1.70. The molecule has 4 nitrogen and oxygen atoms in total. The Kier molecular flexibility index (Phi) is 4.66. The van der Waals surface area contributed by atoms with Crippen LogP contribution in [0.5, 0.6) is 0 Å². The quantitative estimate of drug-likeness (QED) is 0.410. The van der Waals surface area contributed by atoms with Crippen LogP contribution in [0.4, 0.5) is 0 Å². The van der Waals surface area contributed by atoms with Gasteiger partial charge in [0.05, 0.1) is 0 Å². The maximum atomic E-state index is 10.6. The molecular formula is C5H9ClN2O2. The minimum absolute atomic E-state index is 0.308. The Morgan fingerprint density at radius 2 is 2.00 bits per heavy atom. The van der Waals surface area contributed by atoms with Crippen molar-refractivity contribution in [3.05, 3.63) is 0 Å². The lowest BCUT2D eigenvalue weighted by Gasteiger charge is -1.99. The van der Waals surface area contributed by atoms with Gasteiger partial charge >= 0.3 is 11.8 Å². The lowest BCUT2D eigenvalue weighted by Crippen LogP contribution is -2.38. The number of alkyl halides is 1. The number of carbonyl (C=O) groups is 2. The molecule has 0 aliphatic rings. The van der Waals surface area contributed by atoms with E-state index in [0.717, 1.165) is 0 Å². The molecule has 0 heterocycles. The molecule has 0 aromatic carbocycles. The van der Waals surface area contributed by atoms with Crippen LogP contribution >= 0.6 is 11.6 Å². The van der Waals surface area contributed by atoms with E-state index in [9.17, 15) is 9.59 Å². The minimum atomic E-state index is -0.650. The highest BCUT2D eigenvalue weighted by atomic mass is 35.5. The van der Waals surface area contributed by atoms with Crippen LogP contribution in [0.25, 0.3) is 0 Å². The Morgan fingerprint density at radius 3 is 2.40 bits per heavy atom. The lowest BCUT2D eigenvalue weighted by molar-refractivity contribution is -0.138. The van der Waals surface area contributed by atoms with E-state index >= 15 is 0 Å². The Morgan fingerprint density at radius 1 is 1.40 bits per heavy atom. The van der Waals surface area contributed by atoms with E-state index < -0.39 is 11.8 Å². The first-order valence-corrected chi connectivity index (χ1v) is 3.31. The topological polar surface area (TPSA) is 58.2 Å². The van der Waals surface area contributed by atoms with Gasteiger partial charge in [-0.3, -0.25) is 9.59 Å². The van der Waals surface area contributed by atoms with Crippen molar-refractivity contribution in [1.82, 2.24) is 10.6 Å². The van der Waals surface area contributed by atoms with Gasteiger partial charge in [-0.15, -0.1) is 11.6 Å². The molecule has 0 atom stereocenters. The van der Waals surface area contributed by atoms with Crippen LogP contribution in [0, 0.1) is 0 Å². The Labute approximate surface area is 63.9 Å². The fraction of sp³-hybridized carbons (Fsp3) is 0.600. The summed E-state index contributed by atoms with van der Waals surface area (Å²) in [4.78, 5) is 21.0. The minimum Gasteiger partial charge on any atom is -0.351 e. The van der Waals surface area contributed by atoms with Gasteiger partial charge in [0.25, 0.3) is 0 Å². The smallest absolute Gasteiger partial charge is 0.309 e. The molecule has 0 bridgehead atoms. The van der Waals surface area contributed by atoms with Gasteiger partial charge in [-0.05, 0) is 0 Å². The van der Waals surface area contributed by atoms with Gasteiger partial charge in [0.15, 0.2) is 0 Å². The first-order valence-electron chi connectivity index (χ1n) is 2.78. The van der Waals surface area contributed by atoms with E-state index in [1.165, 1.54) is 7.05 Å². The number of likely N-dealkylation sites (N-methyl/N-ethyl adjacent to an activating group) is 1. The van der Waals surface area contributed by atoms with Crippen molar-refractivity contribution in [3.63, 3.8) is 0 Å². The Bertz CT molecular complexity index is 138. The molecule has 0 aromatic rings. The summed E-state index contributed by atoms with van der Waals surface area (Å²) in [6, 6.07) is 0. The van der Waals surface area contributed by atoms with E-state index in [1.807, 2.05) is 0 Å². The summed E-state index contributed by atoms with van der Waals surface area (Å²) >= 11 is 5.25. The molecule has 0 aromatic heterocycles. The molecule has 2 amide bonds. The summed E-state index contributed by atoms with van der Waals surface area (Å²) < 4.78 is 0. The SMILES string of the molecule is CNC(=O)C(=O)NCCCl. The molecule has 0 unspecified atom stereocenters. The second-order valence-corrected chi connectivity index (χ2v) is 1.90. The highest BCUT2D eigenvalue weighted by molar-refractivity contribution is 6.35. The van der Waals surface area contributed by atoms with Gasteiger partial charge in [0.1, 0.15) is 0 Å². The normalized spacial score (nSPS) is 8.60. The second kappa shape index (κ2) is 5.05. The van der Waals surface area contributed by atoms with Crippen LogP contribution in [0.3, 0.4) is 0 Å². The average molecular weight is 165 g/mol. The molecule has 0 spiro atoms. The number of amides is 2. The zero-order valence-corrected chi connectivity index (χ0v) is 6.36. The van der Waals surface area contributed by atoms with E-state index in [-0.39, 0.29) is 0 Å². The maximum absolute atomic E-state index is 10.6. The zero-order chi connectivity index (χ0) is 7.98. The first kappa shape index (κ1) is 9.23. The summed E-state index contributed by atoms with van der Waals surface area (Å²) in [5.41, 5.74) is 0. The Balaban J connectivity index is 3.52. The number of nitrogens with one attached hydrogen (secondary N) is 2. The van der Waals surface area contributed by atoms with Crippen LogP contribution in [-0.4, -0.2) is 31.3 Å². The van der Waals surface area contributed by atoms with Crippen LogP contribution in [0.1, 0.15) is 0 Å². The van der Waals surface area contributed by atoms with Crippen molar-refractivity contribution < 1.29 is 9.59 Å². The average Bonchev–Trinajstić information content (AvgIpc) is 1.98.